The van der Waals surface area contributed by atoms with Gasteiger partial charge < -0.3 is 14.5 Å². The Balaban J connectivity index is 2.04. The number of amides is 1. The standard InChI is InChI=1S/C18H26N2O2/c1-5-19-8-10-20(11-9-19)18(21)7-6-17-14(2)12-16(22-4)13-15(17)3/h6-7,12-13H,5,8-11H2,1-4H3/b7-6+. The molecule has 0 bridgehead atoms. The first kappa shape index (κ1) is 16.6. The number of methoxy groups -OCH3 is 1. The van der Waals surface area contributed by atoms with Crippen LogP contribution >= 0.6 is 0 Å². The Hall–Kier alpha value is -1.81. The van der Waals surface area contributed by atoms with Crippen LogP contribution in [0.5, 0.6) is 5.75 Å². The molecular formula is C18H26N2O2. The number of carbonyl (C=O) groups excluding carboxylic acids is 1. The number of hydrogen-bond donors (Lipinski definition) is 0. The molecule has 1 amide bonds. The summed E-state index contributed by atoms with van der Waals surface area (Å²) in [5.41, 5.74) is 3.34. The SMILES string of the molecule is CCN1CCN(C(=O)/C=C/c2c(C)cc(OC)cc2C)CC1. The lowest BCUT2D eigenvalue weighted by atomic mass is 10.0. The van der Waals surface area contributed by atoms with E-state index in [1.165, 1.54) is 0 Å². The molecule has 0 aliphatic carbocycles. The van der Waals surface area contributed by atoms with Gasteiger partial charge >= 0.3 is 0 Å². The number of carbonyl (C=O) groups is 1. The molecular weight excluding hydrogens is 276 g/mol. The van der Waals surface area contributed by atoms with Gasteiger partial charge in [-0.25, -0.2) is 0 Å². The largest absolute Gasteiger partial charge is 0.497 e. The first-order chi connectivity index (χ1) is 10.5. The molecule has 0 N–H and O–H groups in total. The van der Waals surface area contributed by atoms with Crippen LogP contribution in [0.1, 0.15) is 23.6 Å². The number of piperazine rings is 1. The van der Waals surface area contributed by atoms with E-state index in [9.17, 15) is 4.79 Å². The summed E-state index contributed by atoms with van der Waals surface area (Å²) in [4.78, 5) is 16.6. The fourth-order valence-corrected chi connectivity index (χ4v) is 2.86. The number of rotatable bonds is 4. The second kappa shape index (κ2) is 7.45. The molecule has 1 saturated heterocycles. The molecule has 0 atom stereocenters. The fraction of sp³-hybridized carbons (Fsp3) is 0.500. The Morgan fingerprint density at radius 2 is 1.77 bits per heavy atom. The predicted molar refractivity (Wildman–Crippen MR) is 90.2 cm³/mol. The summed E-state index contributed by atoms with van der Waals surface area (Å²) in [6.45, 7) is 10.9. The molecule has 1 fully saturated rings. The first-order valence-electron chi connectivity index (χ1n) is 7.89. The topological polar surface area (TPSA) is 32.8 Å². The average Bonchev–Trinajstić information content (AvgIpc) is 2.53. The lowest BCUT2D eigenvalue weighted by Gasteiger charge is -2.33. The Morgan fingerprint density at radius 1 is 1.18 bits per heavy atom. The summed E-state index contributed by atoms with van der Waals surface area (Å²) >= 11 is 0. The van der Waals surface area contributed by atoms with Crippen LogP contribution in [-0.4, -0.2) is 55.5 Å². The highest BCUT2D eigenvalue weighted by Gasteiger charge is 2.18. The molecule has 0 radical (unpaired) electrons. The molecule has 0 spiro atoms. The van der Waals surface area contributed by atoms with E-state index >= 15 is 0 Å². The molecule has 4 nitrogen and oxygen atoms in total. The van der Waals surface area contributed by atoms with E-state index < -0.39 is 0 Å². The van der Waals surface area contributed by atoms with Crippen molar-refractivity contribution in [3.05, 3.63) is 34.9 Å². The second-order valence-corrected chi connectivity index (χ2v) is 5.77. The molecule has 0 aromatic heterocycles. The number of aryl methyl sites for hydroxylation is 2. The van der Waals surface area contributed by atoms with Crippen LogP contribution in [-0.2, 0) is 4.79 Å². The molecule has 1 aromatic carbocycles. The van der Waals surface area contributed by atoms with Crippen molar-refractivity contribution in [2.45, 2.75) is 20.8 Å². The Bertz CT molecular complexity index is 535. The Morgan fingerprint density at radius 3 is 2.27 bits per heavy atom. The van der Waals surface area contributed by atoms with Crippen LogP contribution in [0.25, 0.3) is 6.08 Å². The summed E-state index contributed by atoms with van der Waals surface area (Å²) in [7, 11) is 1.67. The van der Waals surface area contributed by atoms with Gasteiger partial charge in [-0.15, -0.1) is 0 Å². The monoisotopic (exact) mass is 302 g/mol. The van der Waals surface area contributed by atoms with E-state index in [1.54, 1.807) is 13.2 Å². The minimum atomic E-state index is 0.102. The minimum absolute atomic E-state index is 0.102. The summed E-state index contributed by atoms with van der Waals surface area (Å²) in [6.07, 6.45) is 3.63. The van der Waals surface area contributed by atoms with E-state index in [0.29, 0.717) is 0 Å². The van der Waals surface area contributed by atoms with Gasteiger partial charge in [0.25, 0.3) is 0 Å². The third-order valence-corrected chi connectivity index (χ3v) is 4.33. The van der Waals surface area contributed by atoms with E-state index in [2.05, 4.69) is 11.8 Å². The molecule has 1 aliphatic rings. The molecule has 1 aromatic rings. The molecule has 1 aliphatic heterocycles. The van der Waals surface area contributed by atoms with Crippen LogP contribution in [0.2, 0.25) is 0 Å². The van der Waals surface area contributed by atoms with Crippen molar-refractivity contribution < 1.29 is 9.53 Å². The van der Waals surface area contributed by atoms with Crippen molar-refractivity contribution in [2.24, 2.45) is 0 Å². The summed E-state index contributed by atoms with van der Waals surface area (Å²) < 4.78 is 5.27. The highest BCUT2D eigenvalue weighted by molar-refractivity contribution is 5.92. The summed E-state index contributed by atoms with van der Waals surface area (Å²) in [6, 6.07) is 3.99. The zero-order chi connectivity index (χ0) is 16.1. The average molecular weight is 302 g/mol. The lowest BCUT2D eigenvalue weighted by molar-refractivity contribution is -0.127. The number of nitrogens with zero attached hydrogens (tertiary/aromatic N) is 2. The third kappa shape index (κ3) is 3.89. The van der Waals surface area contributed by atoms with E-state index in [4.69, 9.17) is 4.74 Å². The highest BCUT2D eigenvalue weighted by atomic mass is 16.5. The predicted octanol–water partition coefficient (Wildman–Crippen LogP) is 2.49. The Kier molecular flexibility index (Phi) is 5.61. The van der Waals surface area contributed by atoms with Gasteiger partial charge in [-0.3, -0.25) is 4.79 Å². The van der Waals surface area contributed by atoms with Gasteiger partial charge in [0.05, 0.1) is 7.11 Å². The Labute approximate surface area is 133 Å². The van der Waals surface area contributed by atoms with Crippen molar-refractivity contribution in [1.82, 2.24) is 9.80 Å². The third-order valence-electron chi connectivity index (χ3n) is 4.33. The smallest absolute Gasteiger partial charge is 0.246 e. The maximum atomic E-state index is 12.3. The van der Waals surface area contributed by atoms with E-state index in [1.807, 2.05) is 37.0 Å². The van der Waals surface area contributed by atoms with Gasteiger partial charge in [-0.2, -0.15) is 0 Å². The van der Waals surface area contributed by atoms with Crippen molar-refractivity contribution in [1.29, 1.82) is 0 Å². The normalized spacial score (nSPS) is 16.3. The van der Waals surface area contributed by atoms with E-state index in [-0.39, 0.29) is 5.91 Å². The summed E-state index contributed by atoms with van der Waals surface area (Å²) in [5, 5.41) is 0. The first-order valence-corrected chi connectivity index (χ1v) is 7.89. The van der Waals surface area contributed by atoms with Crippen molar-refractivity contribution in [2.75, 3.05) is 39.8 Å². The molecule has 2 rings (SSSR count). The van der Waals surface area contributed by atoms with Crippen LogP contribution in [0.4, 0.5) is 0 Å². The molecule has 120 valence electrons. The maximum Gasteiger partial charge on any atom is 0.246 e. The number of ether oxygens (including phenoxy) is 1. The maximum absolute atomic E-state index is 12.3. The van der Waals surface area contributed by atoms with E-state index in [0.717, 1.165) is 55.2 Å². The molecule has 4 heteroatoms. The van der Waals surface area contributed by atoms with Crippen LogP contribution in [0.15, 0.2) is 18.2 Å². The van der Waals surface area contributed by atoms with Crippen LogP contribution < -0.4 is 4.74 Å². The number of likely N-dealkylation sites (N-methyl/N-ethyl adjacent to an activating group) is 1. The van der Waals surface area contributed by atoms with Gasteiger partial charge in [-0.1, -0.05) is 6.92 Å². The fourth-order valence-electron chi connectivity index (χ4n) is 2.86. The van der Waals surface area contributed by atoms with Crippen LogP contribution in [0, 0.1) is 13.8 Å². The zero-order valence-electron chi connectivity index (χ0n) is 14.1. The minimum Gasteiger partial charge on any atom is -0.497 e. The van der Waals surface area contributed by atoms with Gasteiger partial charge in [0, 0.05) is 32.3 Å². The lowest BCUT2D eigenvalue weighted by Crippen LogP contribution is -2.48. The number of hydrogen-bond acceptors (Lipinski definition) is 3. The highest BCUT2D eigenvalue weighted by Crippen LogP contribution is 2.22. The summed E-state index contributed by atoms with van der Waals surface area (Å²) in [5.74, 6) is 0.958. The quantitative estimate of drug-likeness (QED) is 0.801. The second-order valence-electron chi connectivity index (χ2n) is 5.77. The van der Waals surface area contributed by atoms with Gasteiger partial charge in [0.2, 0.25) is 5.91 Å². The van der Waals surface area contributed by atoms with Gasteiger partial charge in [0.1, 0.15) is 5.75 Å². The zero-order valence-corrected chi connectivity index (χ0v) is 14.1. The van der Waals surface area contributed by atoms with Crippen molar-refractivity contribution in [3.63, 3.8) is 0 Å². The molecule has 0 unspecified atom stereocenters. The van der Waals surface area contributed by atoms with Crippen molar-refractivity contribution >= 4 is 12.0 Å². The molecule has 22 heavy (non-hydrogen) atoms. The number of benzene rings is 1. The van der Waals surface area contributed by atoms with Gasteiger partial charge in [0.15, 0.2) is 0 Å². The molecule has 1 heterocycles. The van der Waals surface area contributed by atoms with Gasteiger partial charge in [-0.05, 0) is 55.3 Å². The van der Waals surface area contributed by atoms with Crippen molar-refractivity contribution in [3.8, 4) is 5.75 Å². The molecule has 0 saturated carbocycles. The van der Waals surface area contributed by atoms with Crippen LogP contribution in [0.3, 0.4) is 0 Å².